The van der Waals surface area contributed by atoms with Crippen LogP contribution in [0.15, 0.2) is 42.9 Å². The fourth-order valence-corrected chi connectivity index (χ4v) is 3.16. The number of carbonyl (C=O) groups excluding carboxylic acids is 1. The van der Waals surface area contributed by atoms with E-state index in [0.29, 0.717) is 18.0 Å². The normalized spacial score (nSPS) is 14.0. The number of rotatable bonds is 5. The molecule has 0 spiro atoms. The van der Waals surface area contributed by atoms with Gasteiger partial charge in [0.05, 0.1) is 24.5 Å². The molecule has 10 heteroatoms. The van der Waals surface area contributed by atoms with Gasteiger partial charge in [0.1, 0.15) is 5.56 Å². The van der Waals surface area contributed by atoms with E-state index in [1.165, 1.54) is 29.1 Å². The van der Waals surface area contributed by atoms with Gasteiger partial charge in [-0.25, -0.2) is 8.78 Å². The Morgan fingerprint density at radius 1 is 1.13 bits per heavy atom. The largest absolute Gasteiger partial charge is 0.416 e. The molecule has 0 saturated heterocycles. The standard InChI is InChI=1S/C20H15F5N4O/c21-15-8-26-9-16(22)18(15)19(30)27-17-5-6-29(28-17)10-13-4-3-12(11-1-2-11)7-14(13)20(23,24)25/h3-9,11H,1-2,10H2,(H,27,28,30). The van der Waals surface area contributed by atoms with Gasteiger partial charge in [-0.2, -0.15) is 18.3 Å². The summed E-state index contributed by atoms with van der Waals surface area (Å²) in [6, 6.07) is 5.61. The molecule has 3 aromatic rings. The summed E-state index contributed by atoms with van der Waals surface area (Å²) in [7, 11) is 0. The van der Waals surface area contributed by atoms with E-state index in [2.05, 4.69) is 15.4 Å². The Morgan fingerprint density at radius 3 is 2.47 bits per heavy atom. The average Bonchev–Trinajstić information content (AvgIpc) is 3.42. The monoisotopic (exact) mass is 422 g/mol. The molecule has 1 aliphatic carbocycles. The van der Waals surface area contributed by atoms with E-state index in [9.17, 15) is 26.7 Å². The minimum Gasteiger partial charge on any atom is -0.305 e. The zero-order chi connectivity index (χ0) is 21.5. The van der Waals surface area contributed by atoms with Crippen molar-refractivity contribution in [2.24, 2.45) is 0 Å². The van der Waals surface area contributed by atoms with Crippen LogP contribution < -0.4 is 5.32 Å². The molecule has 1 aromatic carbocycles. The Morgan fingerprint density at radius 2 is 1.83 bits per heavy atom. The van der Waals surface area contributed by atoms with E-state index in [1.54, 1.807) is 6.07 Å². The summed E-state index contributed by atoms with van der Waals surface area (Å²) in [4.78, 5) is 15.4. The molecule has 2 heterocycles. The maximum Gasteiger partial charge on any atom is 0.416 e. The highest BCUT2D eigenvalue weighted by Crippen LogP contribution is 2.42. The Labute approximate surface area is 167 Å². The van der Waals surface area contributed by atoms with Crippen molar-refractivity contribution < 1.29 is 26.7 Å². The van der Waals surface area contributed by atoms with Gasteiger partial charge in [0.2, 0.25) is 0 Å². The van der Waals surface area contributed by atoms with Gasteiger partial charge < -0.3 is 5.32 Å². The SMILES string of the molecule is O=C(Nc1ccn(Cc2ccc(C3CC3)cc2C(F)(F)F)n1)c1c(F)cncc1F. The lowest BCUT2D eigenvalue weighted by atomic mass is 10.0. The predicted molar refractivity (Wildman–Crippen MR) is 96.9 cm³/mol. The molecule has 0 radical (unpaired) electrons. The number of anilines is 1. The van der Waals surface area contributed by atoms with Crippen LogP contribution in [-0.4, -0.2) is 20.7 Å². The summed E-state index contributed by atoms with van der Waals surface area (Å²) in [6.45, 7) is -0.187. The van der Waals surface area contributed by atoms with Gasteiger partial charge in [-0.05, 0) is 36.0 Å². The summed E-state index contributed by atoms with van der Waals surface area (Å²) >= 11 is 0. The molecule has 1 fully saturated rings. The second kappa shape index (κ2) is 7.51. The van der Waals surface area contributed by atoms with Gasteiger partial charge in [-0.1, -0.05) is 12.1 Å². The number of nitrogens with zero attached hydrogens (tertiary/aromatic N) is 3. The Bertz CT molecular complexity index is 1080. The Hall–Kier alpha value is -3.30. The first-order valence-electron chi connectivity index (χ1n) is 9.06. The van der Waals surface area contributed by atoms with Crippen molar-refractivity contribution in [3.8, 4) is 0 Å². The van der Waals surface area contributed by atoms with Crippen LogP contribution in [0.25, 0.3) is 0 Å². The van der Waals surface area contributed by atoms with Crippen LogP contribution in [0.4, 0.5) is 27.8 Å². The molecule has 0 atom stereocenters. The van der Waals surface area contributed by atoms with E-state index in [4.69, 9.17) is 0 Å². The van der Waals surface area contributed by atoms with Gasteiger partial charge in [0.15, 0.2) is 17.5 Å². The zero-order valence-electron chi connectivity index (χ0n) is 15.4. The number of alkyl halides is 3. The summed E-state index contributed by atoms with van der Waals surface area (Å²) in [5.41, 5.74) is -0.858. The molecule has 1 N–H and O–H groups in total. The molecule has 5 nitrogen and oxygen atoms in total. The van der Waals surface area contributed by atoms with Crippen LogP contribution in [-0.2, 0) is 12.7 Å². The van der Waals surface area contributed by atoms with E-state index in [-0.39, 0.29) is 23.8 Å². The molecular weight excluding hydrogens is 407 g/mol. The predicted octanol–water partition coefficient (Wildman–Crippen LogP) is 4.75. The minimum absolute atomic E-state index is 0.0269. The minimum atomic E-state index is -4.51. The van der Waals surface area contributed by atoms with E-state index >= 15 is 0 Å². The lowest BCUT2D eigenvalue weighted by Gasteiger charge is -2.14. The number of hydrogen-bond donors (Lipinski definition) is 1. The fourth-order valence-electron chi connectivity index (χ4n) is 3.16. The van der Waals surface area contributed by atoms with Gasteiger partial charge in [-0.3, -0.25) is 14.5 Å². The third-order valence-electron chi connectivity index (χ3n) is 4.78. The van der Waals surface area contributed by atoms with Gasteiger partial charge in [0, 0.05) is 12.3 Å². The van der Waals surface area contributed by atoms with E-state index in [1.807, 2.05) is 0 Å². The number of hydrogen-bond acceptors (Lipinski definition) is 3. The molecule has 0 unspecified atom stereocenters. The summed E-state index contributed by atoms with van der Waals surface area (Å²) in [5.74, 6) is -3.24. The number of halogens is 5. The lowest BCUT2D eigenvalue weighted by molar-refractivity contribution is -0.138. The molecule has 0 bridgehead atoms. The third-order valence-corrected chi connectivity index (χ3v) is 4.78. The van der Waals surface area contributed by atoms with Gasteiger partial charge in [0.25, 0.3) is 5.91 Å². The molecule has 156 valence electrons. The smallest absolute Gasteiger partial charge is 0.305 e. The van der Waals surface area contributed by atoms with Crippen LogP contribution in [0.3, 0.4) is 0 Å². The quantitative estimate of drug-likeness (QED) is 0.604. The number of pyridine rings is 1. The summed E-state index contributed by atoms with van der Waals surface area (Å²) in [6.07, 6.45) is 0.0147. The number of amides is 1. The van der Waals surface area contributed by atoms with Crippen LogP contribution in [0.1, 0.15) is 45.8 Å². The number of aromatic nitrogens is 3. The van der Waals surface area contributed by atoms with Crippen molar-refractivity contribution in [1.82, 2.24) is 14.8 Å². The maximum absolute atomic E-state index is 13.7. The van der Waals surface area contributed by atoms with Gasteiger partial charge in [-0.15, -0.1) is 0 Å². The van der Waals surface area contributed by atoms with Crippen LogP contribution in [0.2, 0.25) is 0 Å². The molecule has 2 aromatic heterocycles. The topological polar surface area (TPSA) is 59.8 Å². The van der Waals surface area contributed by atoms with E-state index in [0.717, 1.165) is 12.8 Å². The number of benzene rings is 1. The first-order chi connectivity index (χ1) is 14.2. The van der Waals surface area contributed by atoms with Crippen molar-refractivity contribution in [3.05, 3.63) is 76.7 Å². The van der Waals surface area contributed by atoms with Crippen molar-refractivity contribution >= 4 is 11.7 Å². The second-order valence-corrected chi connectivity index (χ2v) is 7.02. The first-order valence-corrected chi connectivity index (χ1v) is 9.06. The molecule has 0 aliphatic heterocycles. The molecule has 1 amide bonds. The van der Waals surface area contributed by atoms with Gasteiger partial charge >= 0.3 is 6.18 Å². The fraction of sp³-hybridized carbons (Fsp3) is 0.250. The third kappa shape index (κ3) is 4.17. The second-order valence-electron chi connectivity index (χ2n) is 7.02. The summed E-state index contributed by atoms with van der Waals surface area (Å²) in [5, 5.41) is 6.20. The highest BCUT2D eigenvalue weighted by Gasteiger charge is 2.35. The number of nitrogens with one attached hydrogen (secondary N) is 1. The summed E-state index contributed by atoms with van der Waals surface area (Å²) < 4.78 is 69.0. The highest BCUT2D eigenvalue weighted by molar-refractivity contribution is 6.04. The van der Waals surface area contributed by atoms with E-state index < -0.39 is 34.8 Å². The van der Waals surface area contributed by atoms with Crippen LogP contribution in [0, 0.1) is 11.6 Å². The van der Waals surface area contributed by atoms with Crippen molar-refractivity contribution in [3.63, 3.8) is 0 Å². The Balaban J connectivity index is 1.53. The Kier molecular flexibility index (Phi) is 5.00. The first kappa shape index (κ1) is 20.0. The zero-order valence-corrected chi connectivity index (χ0v) is 15.4. The van der Waals surface area contributed by atoms with Crippen molar-refractivity contribution in [1.29, 1.82) is 0 Å². The molecule has 30 heavy (non-hydrogen) atoms. The lowest BCUT2D eigenvalue weighted by Crippen LogP contribution is -2.17. The van der Waals surface area contributed by atoms with Crippen molar-refractivity contribution in [2.45, 2.75) is 31.5 Å². The van der Waals surface area contributed by atoms with Crippen LogP contribution >= 0.6 is 0 Å². The average molecular weight is 422 g/mol. The molecule has 1 aliphatic rings. The van der Waals surface area contributed by atoms with Crippen molar-refractivity contribution in [2.75, 3.05) is 5.32 Å². The highest BCUT2D eigenvalue weighted by atomic mass is 19.4. The number of carbonyl (C=O) groups is 1. The molecule has 1 saturated carbocycles. The maximum atomic E-state index is 13.7. The van der Waals surface area contributed by atoms with Crippen LogP contribution in [0.5, 0.6) is 0 Å². The molecule has 4 rings (SSSR count). The molecular formula is C20H15F5N4O.